The van der Waals surface area contributed by atoms with E-state index in [2.05, 4.69) is 10.2 Å². The third-order valence-electron chi connectivity index (χ3n) is 4.07. The number of hydrogen-bond acceptors (Lipinski definition) is 12. The first-order valence-corrected chi connectivity index (χ1v) is 12.5. The van der Waals surface area contributed by atoms with Gasteiger partial charge in [0.25, 0.3) is 26.0 Å². The van der Waals surface area contributed by atoms with Crippen LogP contribution in [0.5, 0.6) is 0 Å². The molecule has 13 nitrogen and oxygen atoms in total. The van der Waals surface area contributed by atoms with E-state index < -0.39 is 44.0 Å². The lowest BCUT2D eigenvalue weighted by Gasteiger charge is -2.32. The first kappa shape index (κ1) is 25.1. The van der Waals surface area contributed by atoms with Crippen LogP contribution in [0.25, 0.3) is 0 Å². The second kappa shape index (κ2) is 10.4. The molecular formula is C14H24N4O9S3. The summed E-state index contributed by atoms with van der Waals surface area (Å²) in [7, 11) is -6.81. The predicted octanol–water partition coefficient (Wildman–Crippen LogP) is -0.744. The third-order valence-corrected chi connectivity index (χ3v) is 9.46. The number of thiophene rings is 1. The van der Waals surface area contributed by atoms with E-state index in [1.807, 2.05) is 6.92 Å². The molecule has 0 radical (unpaired) electrons. The maximum absolute atomic E-state index is 13.0. The summed E-state index contributed by atoms with van der Waals surface area (Å²) < 4.78 is 58.5. The number of methoxy groups -OCH3 is 1. The van der Waals surface area contributed by atoms with E-state index in [9.17, 15) is 21.6 Å². The van der Waals surface area contributed by atoms with Crippen molar-refractivity contribution >= 4 is 37.3 Å². The Balaban J connectivity index is 2.33. The van der Waals surface area contributed by atoms with E-state index in [1.54, 1.807) is 4.72 Å². The van der Waals surface area contributed by atoms with Crippen LogP contribution in [0, 0.1) is 0 Å². The van der Waals surface area contributed by atoms with Crippen LogP contribution in [-0.4, -0.2) is 82.8 Å². The van der Waals surface area contributed by atoms with Crippen LogP contribution in [0.15, 0.2) is 14.5 Å². The van der Waals surface area contributed by atoms with Gasteiger partial charge in [-0.25, -0.2) is 26.4 Å². The van der Waals surface area contributed by atoms with Crippen molar-refractivity contribution < 1.29 is 41.6 Å². The number of nitrogens with zero attached hydrogens (tertiary/aromatic N) is 2. The Kier molecular flexibility index (Phi) is 8.69. The molecule has 1 aromatic rings. The van der Waals surface area contributed by atoms with Gasteiger partial charge in [-0.05, 0) is 19.0 Å². The molecule has 1 aliphatic rings. The van der Waals surface area contributed by atoms with Gasteiger partial charge in [-0.15, -0.1) is 11.3 Å². The van der Waals surface area contributed by atoms with Crippen molar-refractivity contribution in [3.8, 4) is 0 Å². The smallest absolute Gasteiger partial charge is 0.273 e. The fourth-order valence-electron chi connectivity index (χ4n) is 2.82. The molecule has 172 valence electrons. The molecule has 1 aromatic heterocycles. The lowest BCUT2D eigenvalue weighted by molar-refractivity contribution is -0.488. The number of carbonyl (C=O) groups is 1. The van der Waals surface area contributed by atoms with Gasteiger partial charge in [0.1, 0.15) is 8.42 Å². The number of amides is 1. The van der Waals surface area contributed by atoms with Crippen LogP contribution >= 0.6 is 11.3 Å². The largest absolute Gasteiger partial charge is 0.385 e. The minimum absolute atomic E-state index is 0.113. The summed E-state index contributed by atoms with van der Waals surface area (Å²) in [4.78, 5) is 15.7. The first-order valence-electron chi connectivity index (χ1n) is 8.75. The van der Waals surface area contributed by atoms with E-state index in [-0.39, 0.29) is 21.5 Å². The number of likely N-dealkylation sites (N-methyl/N-ethyl adjacent to an activating group) is 1. The fraction of sp³-hybridized carbons (Fsp3) is 0.643. The van der Waals surface area contributed by atoms with Gasteiger partial charge in [0.2, 0.25) is 0 Å². The number of carbonyl (C=O) groups excluding carboxylic acids is 1. The van der Waals surface area contributed by atoms with Crippen molar-refractivity contribution in [2.45, 2.75) is 27.8 Å². The lowest BCUT2D eigenvalue weighted by atomic mass is 10.1. The summed E-state index contributed by atoms with van der Waals surface area (Å²) in [5.74, 6) is -1.18. The molecule has 0 saturated carbocycles. The maximum atomic E-state index is 13.0. The molecular weight excluding hydrogens is 464 g/mol. The molecule has 2 rings (SSSR count). The molecule has 0 bridgehead atoms. The second-order valence-electron chi connectivity index (χ2n) is 6.18. The van der Waals surface area contributed by atoms with Crippen molar-refractivity contribution in [2.75, 3.05) is 40.0 Å². The van der Waals surface area contributed by atoms with Crippen LogP contribution in [0.1, 0.15) is 24.9 Å². The Hall–Kier alpha value is -1.21. The standard InChI is InChI=1S/C14H24N4O9S3/c1-3-15-11-8-17(5-4-6-26-2)30(24,25)14-10(11)7-13(28-14)29(22,23)16-12(19)9-27-18(20)21/h7,11,15,20-21H,3-6,8-9H2,1-2H3,(H,16,19)/t11-/m0/s1. The monoisotopic (exact) mass is 488 g/mol. The molecule has 4 N–H and O–H groups in total. The molecule has 1 atom stereocenters. The molecule has 0 saturated heterocycles. The molecule has 30 heavy (non-hydrogen) atoms. The Morgan fingerprint density at radius 2 is 2.13 bits per heavy atom. The minimum Gasteiger partial charge on any atom is -0.385 e. The second-order valence-corrected chi connectivity index (χ2v) is 11.3. The van der Waals surface area contributed by atoms with Gasteiger partial charge in [-0.2, -0.15) is 4.31 Å². The number of fused-ring (bicyclic) bond motifs is 1. The van der Waals surface area contributed by atoms with Crippen LogP contribution in [0.4, 0.5) is 0 Å². The summed E-state index contributed by atoms with van der Waals surface area (Å²) in [5.41, 5.74) is 0.311. The highest BCUT2D eigenvalue weighted by molar-refractivity contribution is 7.94. The molecule has 2 heterocycles. The number of sulfonamides is 2. The molecule has 1 aliphatic heterocycles. The molecule has 0 aliphatic carbocycles. The molecule has 0 fully saturated rings. The van der Waals surface area contributed by atoms with E-state index in [4.69, 9.17) is 15.2 Å². The highest BCUT2D eigenvalue weighted by Crippen LogP contribution is 2.40. The molecule has 16 heteroatoms. The van der Waals surface area contributed by atoms with E-state index in [1.165, 1.54) is 17.5 Å². The number of nitrogens with one attached hydrogen (secondary N) is 2. The van der Waals surface area contributed by atoms with Crippen LogP contribution < -0.4 is 10.0 Å². The van der Waals surface area contributed by atoms with Gasteiger partial charge >= 0.3 is 0 Å². The average Bonchev–Trinajstić information content (AvgIpc) is 3.11. The zero-order chi connectivity index (χ0) is 22.5. The summed E-state index contributed by atoms with van der Waals surface area (Å²) in [6.45, 7) is 2.11. The molecule has 0 unspecified atom stereocenters. The zero-order valence-electron chi connectivity index (χ0n) is 16.3. The lowest BCUT2D eigenvalue weighted by Crippen LogP contribution is -2.43. The SMILES string of the molecule is CCN[C@H]1CN(CCCOC)S(=O)(=O)c2sc(S(=O)(=O)NC(=O)CON(O)O)cc21. The summed E-state index contributed by atoms with van der Waals surface area (Å²) in [5, 5.41) is 19.2. The summed E-state index contributed by atoms with van der Waals surface area (Å²) in [6.07, 6.45) is 0.475. The molecule has 0 spiro atoms. The van der Waals surface area contributed by atoms with Gasteiger partial charge < -0.3 is 10.1 Å². The van der Waals surface area contributed by atoms with Crippen molar-refractivity contribution in [3.63, 3.8) is 0 Å². The van der Waals surface area contributed by atoms with Gasteiger partial charge in [0, 0.05) is 38.4 Å². The van der Waals surface area contributed by atoms with Gasteiger partial charge in [-0.1, -0.05) is 6.92 Å². The fourth-order valence-corrected chi connectivity index (χ4v) is 7.68. The highest BCUT2D eigenvalue weighted by Gasteiger charge is 2.40. The van der Waals surface area contributed by atoms with Crippen LogP contribution in [-0.2, 0) is 34.4 Å². The van der Waals surface area contributed by atoms with Crippen LogP contribution in [0.2, 0.25) is 0 Å². The molecule has 0 aromatic carbocycles. The maximum Gasteiger partial charge on any atom is 0.273 e. The van der Waals surface area contributed by atoms with E-state index >= 15 is 0 Å². The topological polar surface area (TPSA) is 175 Å². The predicted molar refractivity (Wildman–Crippen MR) is 103 cm³/mol. The number of rotatable bonds is 11. The van der Waals surface area contributed by atoms with Gasteiger partial charge in [0.05, 0.1) is 5.39 Å². The number of hydrogen-bond donors (Lipinski definition) is 4. The summed E-state index contributed by atoms with van der Waals surface area (Å²) >= 11 is 0.535. The Bertz CT molecular complexity index is 946. The van der Waals surface area contributed by atoms with E-state index in [0.717, 1.165) is 0 Å². The van der Waals surface area contributed by atoms with Crippen molar-refractivity contribution in [1.29, 1.82) is 0 Å². The molecule has 1 amide bonds. The van der Waals surface area contributed by atoms with Gasteiger partial charge in [-0.3, -0.25) is 15.2 Å². The normalized spacial score (nSPS) is 19.0. The van der Waals surface area contributed by atoms with E-state index in [0.29, 0.717) is 36.5 Å². The number of ether oxygens (including phenoxy) is 1. The van der Waals surface area contributed by atoms with Gasteiger partial charge in [0.15, 0.2) is 6.61 Å². The Morgan fingerprint density at radius 1 is 1.43 bits per heavy atom. The Labute approximate surface area is 178 Å². The highest BCUT2D eigenvalue weighted by atomic mass is 32.3. The third kappa shape index (κ3) is 5.94. The quantitative estimate of drug-likeness (QED) is 0.228. The van der Waals surface area contributed by atoms with Crippen LogP contribution in [0.3, 0.4) is 0 Å². The Morgan fingerprint density at radius 3 is 2.73 bits per heavy atom. The minimum atomic E-state index is -4.40. The first-order chi connectivity index (χ1) is 14.0. The average molecular weight is 489 g/mol. The van der Waals surface area contributed by atoms with Crippen molar-refractivity contribution in [1.82, 2.24) is 19.7 Å². The zero-order valence-corrected chi connectivity index (χ0v) is 18.7. The van der Waals surface area contributed by atoms with Crippen molar-refractivity contribution in [2.24, 2.45) is 0 Å². The summed E-state index contributed by atoms with van der Waals surface area (Å²) in [6, 6.07) is 0.797. The van der Waals surface area contributed by atoms with Crippen molar-refractivity contribution in [3.05, 3.63) is 11.6 Å².